The van der Waals surface area contributed by atoms with E-state index in [2.05, 4.69) is 29.3 Å². The Morgan fingerprint density at radius 1 is 1.00 bits per heavy atom. The zero-order chi connectivity index (χ0) is 19.0. The van der Waals surface area contributed by atoms with Gasteiger partial charge in [-0.05, 0) is 55.7 Å². The molecule has 0 N–H and O–H groups in total. The third-order valence-corrected chi connectivity index (χ3v) is 5.38. The highest BCUT2D eigenvalue weighted by atomic mass is 32.2. The van der Waals surface area contributed by atoms with Gasteiger partial charge < -0.3 is 4.42 Å². The lowest BCUT2D eigenvalue weighted by Crippen LogP contribution is -2.02. The van der Waals surface area contributed by atoms with Gasteiger partial charge in [-0.3, -0.25) is 4.57 Å². The van der Waals surface area contributed by atoms with Gasteiger partial charge in [-0.25, -0.2) is 4.79 Å². The molecule has 0 aliphatic carbocycles. The van der Waals surface area contributed by atoms with Crippen molar-refractivity contribution in [3.8, 4) is 5.69 Å². The Morgan fingerprint density at radius 2 is 1.81 bits per heavy atom. The van der Waals surface area contributed by atoms with Gasteiger partial charge in [0.2, 0.25) is 0 Å². The zero-order valence-corrected chi connectivity index (χ0v) is 16.2. The standard InChI is InChI=1S/C21H19N3O2S/c1-13-5-4-6-17(9-13)24-15(3)22-23-21(24)27-12-16-11-20(25)26-19-10-14(2)7-8-18(16)19/h4-11H,12H2,1-3H3. The van der Waals surface area contributed by atoms with Crippen LogP contribution in [0.4, 0.5) is 0 Å². The van der Waals surface area contributed by atoms with Gasteiger partial charge in [-0.2, -0.15) is 0 Å². The van der Waals surface area contributed by atoms with E-state index in [-0.39, 0.29) is 5.63 Å². The van der Waals surface area contributed by atoms with E-state index < -0.39 is 0 Å². The first kappa shape index (κ1) is 17.5. The lowest BCUT2D eigenvalue weighted by atomic mass is 10.1. The molecule has 0 atom stereocenters. The SMILES string of the molecule is Cc1cccc(-n2c(C)nnc2SCc2cc(=O)oc3cc(C)ccc23)c1. The summed E-state index contributed by atoms with van der Waals surface area (Å²) in [5.41, 5.74) is 4.49. The van der Waals surface area contributed by atoms with Gasteiger partial charge in [-0.15, -0.1) is 10.2 Å². The minimum Gasteiger partial charge on any atom is -0.423 e. The molecule has 2 heterocycles. The molecule has 0 aliphatic rings. The number of hydrogen-bond acceptors (Lipinski definition) is 5. The lowest BCUT2D eigenvalue weighted by Gasteiger charge is -2.10. The highest BCUT2D eigenvalue weighted by Crippen LogP contribution is 2.28. The Balaban J connectivity index is 1.70. The minimum absolute atomic E-state index is 0.333. The number of aromatic nitrogens is 3. The van der Waals surface area contributed by atoms with Crippen LogP contribution in [0.1, 0.15) is 22.5 Å². The Morgan fingerprint density at radius 3 is 2.63 bits per heavy atom. The van der Waals surface area contributed by atoms with E-state index in [0.29, 0.717) is 11.3 Å². The van der Waals surface area contributed by atoms with Gasteiger partial charge in [0.05, 0.1) is 0 Å². The molecule has 2 aromatic carbocycles. The predicted molar refractivity (Wildman–Crippen MR) is 108 cm³/mol. The van der Waals surface area contributed by atoms with Crippen molar-refractivity contribution >= 4 is 22.7 Å². The van der Waals surface area contributed by atoms with Crippen LogP contribution in [0.2, 0.25) is 0 Å². The molecule has 0 fully saturated rings. The molecule has 4 rings (SSSR count). The molecule has 5 nitrogen and oxygen atoms in total. The maximum atomic E-state index is 11.9. The molecule has 0 bridgehead atoms. The largest absolute Gasteiger partial charge is 0.423 e. The maximum Gasteiger partial charge on any atom is 0.336 e. The summed E-state index contributed by atoms with van der Waals surface area (Å²) in [6.45, 7) is 5.98. The van der Waals surface area contributed by atoms with Crippen molar-refractivity contribution in [3.05, 3.63) is 81.5 Å². The van der Waals surface area contributed by atoms with Crippen molar-refractivity contribution < 1.29 is 4.42 Å². The molecule has 2 aromatic heterocycles. The maximum absolute atomic E-state index is 11.9. The van der Waals surface area contributed by atoms with Gasteiger partial charge in [0.15, 0.2) is 5.16 Å². The molecule has 0 saturated heterocycles. The highest BCUT2D eigenvalue weighted by Gasteiger charge is 2.13. The second-order valence-electron chi connectivity index (χ2n) is 6.58. The minimum atomic E-state index is -0.333. The molecule has 0 spiro atoms. The molecule has 0 amide bonds. The average Bonchev–Trinajstić information content (AvgIpc) is 2.99. The lowest BCUT2D eigenvalue weighted by molar-refractivity contribution is 0.559. The van der Waals surface area contributed by atoms with E-state index in [1.54, 1.807) is 17.8 Å². The summed E-state index contributed by atoms with van der Waals surface area (Å²) in [6, 6.07) is 15.7. The fourth-order valence-electron chi connectivity index (χ4n) is 3.10. The molecular formula is C21H19N3O2S. The van der Waals surface area contributed by atoms with Crippen molar-refractivity contribution in [2.45, 2.75) is 31.7 Å². The van der Waals surface area contributed by atoms with Crippen LogP contribution in [-0.4, -0.2) is 14.8 Å². The first-order chi connectivity index (χ1) is 13.0. The quantitative estimate of drug-likeness (QED) is 0.384. The van der Waals surface area contributed by atoms with E-state index in [9.17, 15) is 4.79 Å². The topological polar surface area (TPSA) is 60.9 Å². The first-order valence-electron chi connectivity index (χ1n) is 8.66. The van der Waals surface area contributed by atoms with Crippen molar-refractivity contribution in [2.75, 3.05) is 0 Å². The molecule has 0 radical (unpaired) electrons. The molecule has 4 aromatic rings. The van der Waals surface area contributed by atoms with E-state index >= 15 is 0 Å². The van der Waals surface area contributed by atoms with Gasteiger partial charge in [-0.1, -0.05) is 36.0 Å². The van der Waals surface area contributed by atoms with Gasteiger partial charge in [0.1, 0.15) is 11.4 Å². The average molecular weight is 377 g/mol. The summed E-state index contributed by atoms with van der Waals surface area (Å²) >= 11 is 1.56. The fourth-order valence-corrected chi connectivity index (χ4v) is 4.09. The summed E-state index contributed by atoms with van der Waals surface area (Å²) in [7, 11) is 0. The van der Waals surface area contributed by atoms with E-state index in [0.717, 1.165) is 33.2 Å². The summed E-state index contributed by atoms with van der Waals surface area (Å²) in [5.74, 6) is 1.44. The first-order valence-corrected chi connectivity index (χ1v) is 9.65. The van der Waals surface area contributed by atoms with Crippen molar-refractivity contribution in [3.63, 3.8) is 0 Å². The molecule has 136 valence electrons. The van der Waals surface area contributed by atoms with Crippen molar-refractivity contribution in [2.24, 2.45) is 0 Å². The smallest absolute Gasteiger partial charge is 0.336 e. The normalized spacial score (nSPS) is 11.2. The number of aryl methyl sites for hydroxylation is 3. The van der Waals surface area contributed by atoms with E-state index in [1.165, 1.54) is 5.56 Å². The number of rotatable bonds is 4. The van der Waals surface area contributed by atoms with E-state index in [4.69, 9.17) is 4.42 Å². The monoisotopic (exact) mass is 377 g/mol. The van der Waals surface area contributed by atoms with Gasteiger partial charge in [0, 0.05) is 22.9 Å². The van der Waals surface area contributed by atoms with Crippen molar-refractivity contribution in [1.82, 2.24) is 14.8 Å². The molecule has 0 saturated carbocycles. The molecule has 0 aliphatic heterocycles. The third kappa shape index (κ3) is 3.53. The van der Waals surface area contributed by atoms with Crippen LogP contribution in [-0.2, 0) is 5.75 Å². The summed E-state index contributed by atoms with van der Waals surface area (Å²) in [4.78, 5) is 11.9. The van der Waals surface area contributed by atoms with Crippen LogP contribution in [0.3, 0.4) is 0 Å². The summed E-state index contributed by atoms with van der Waals surface area (Å²) < 4.78 is 7.38. The van der Waals surface area contributed by atoms with Crippen LogP contribution in [0.25, 0.3) is 16.7 Å². The molecule has 0 unspecified atom stereocenters. The number of benzene rings is 2. The second-order valence-corrected chi connectivity index (χ2v) is 7.53. The molecule has 27 heavy (non-hydrogen) atoms. The van der Waals surface area contributed by atoms with E-state index in [1.807, 2.05) is 48.7 Å². The third-order valence-electron chi connectivity index (χ3n) is 4.40. The van der Waals surface area contributed by atoms with Crippen LogP contribution < -0.4 is 5.63 Å². The van der Waals surface area contributed by atoms with Crippen molar-refractivity contribution in [1.29, 1.82) is 0 Å². The highest BCUT2D eigenvalue weighted by molar-refractivity contribution is 7.98. The van der Waals surface area contributed by atoms with Crippen LogP contribution in [0.15, 0.2) is 62.9 Å². The molecule has 6 heteroatoms. The number of thioether (sulfide) groups is 1. The predicted octanol–water partition coefficient (Wildman–Crippen LogP) is 4.59. The zero-order valence-electron chi connectivity index (χ0n) is 15.4. The Kier molecular flexibility index (Phi) is 4.58. The number of hydrogen-bond donors (Lipinski definition) is 0. The summed E-state index contributed by atoms with van der Waals surface area (Å²) in [6.07, 6.45) is 0. The van der Waals surface area contributed by atoms with Gasteiger partial charge in [0.25, 0.3) is 0 Å². The van der Waals surface area contributed by atoms with Crippen LogP contribution in [0.5, 0.6) is 0 Å². The Labute approximate surface area is 161 Å². The Bertz CT molecular complexity index is 1190. The molecular weight excluding hydrogens is 358 g/mol. The Hall–Kier alpha value is -2.86. The van der Waals surface area contributed by atoms with Gasteiger partial charge >= 0.3 is 5.63 Å². The summed E-state index contributed by atoms with van der Waals surface area (Å²) in [5, 5.41) is 10.3. The van der Waals surface area contributed by atoms with Crippen LogP contribution >= 0.6 is 11.8 Å². The van der Waals surface area contributed by atoms with Crippen LogP contribution in [0, 0.1) is 20.8 Å². The number of nitrogens with zero attached hydrogens (tertiary/aromatic N) is 3. The second kappa shape index (κ2) is 7.04. The fraction of sp³-hybridized carbons (Fsp3) is 0.190. The number of fused-ring (bicyclic) bond motifs is 1.